The van der Waals surface area contributed by atoms with Crippen molar-refractivity contribution in [1.82, 2.24) is 10.2 Å². The Hall–Kier alpha value is -3.54. The molecular weight excluding hydrogens is 440 g/mol. The summed E-state index contributed by atoms with van der Waals surface area (Å²) in [4.78, 5) is 27.4. The molecule has 2 aliphatic rings. The molecular formula is C29H32N2O4. The Bertz CT molecular complexity index is 1210. The van der Waals surface area contributed by atoms with Crippen LogP contribution in [0.15, 0.2) is 59.0 Å². The van der Waals surface area contributed by atoms with Crippen LogP contribution in [0.5, 0.6) is 5.75 Å². The first-order valence-corrected chi connectivity index (χ1v) is 12.5. The van der Waals surface area contributed by atoms with Gasteiger partial charge >= 0.3 is 0 Å². The molecule has 1 aromatic heterocycles. The third-order valence-electron chi connectivity index (χ3n) is 6.75. The zero-order chi connectivity index (χ0) is 24.4. The van der Waals surface area contributed by atoms with Crippen LogP contribution in [0.25, 0.3) is 0 Å². The van der Waals surface area contributed by atoms with Crippen molar-refractivity contribution in [2.75, 3.05) is 13.1 Å². The second-order valence-corrected chi connectivity index (χ2v) is 9.54. The van der Waals surface area contributed by atoms with Crippen LogP contribution in [0.1, 0.15) is 70.8 Å². The molecule has 0 spiro atoms. The highest BCUT2D eigenvalue weighted by Gasteiger charge is 2.39. The van der Waals surface area contributed by atoms with Gasteiger partial charge < -0.3 is 19.4 Å². The van der Waals surface area contributed by atoms with Gasteiger partial charge in [-0.1, -0.05) is 42.8 Å². The molecule has 35 heavy (non-hydrogen) atoms. The van der Waals surface area contributed by atoms with Gasteiger partial charge in [0.1, 0.15) is 18.1 Å². The molecule has 1 unspecified atom stereocenters. The summed E-state index contributed by atoms with van der Waals surface area (Å²) in [5.41, 5.74) is 4.68. The molecule has 1 aliphatic heterocycles. The van der Waals surface area contributed by atoms with Gasteiger partial charge in [0.15, 0.2) is 5.76 Å². The summed E-state index contributed by atoms with van der Waals surface area (Å²) in [6.07, 6.45) is 3.69. The molecule has 0 saturated heterocycles. The van der Waals surface area contributed by atoms with Crippen molar-refractivity contribution in [3.8, 4) is 5.75 Å². The maximum absolute atomic E-state index is 13.2. The first kappa shape index (κ1) is 23.2. The number of carbonyl (C=O) groups is 2. The van der Waals surface area contributed by atoms with E-state index in [0.717, 1.165) is 49.1 Å². The summed E-state index contributed by atoms with van der Waals surface area (Å²) < 4.78 is 11.7. The van der Waals surface area contributed by atoms with E-state index in [-0.39, 0.29) is 36.1 Å². The van der Waals surface area contributed by atoms with Crippen LogP contribution in [0, 0.1) is 12.8 Å². The zero-order valence-corrected chi connectivity index (χ0v) is 20.4. The van der Waals surface area contributed by atoms with Crippen LogP contribution < -0.4 is 10.1 Å². The Kier molecular flexibility index (Phi) is 6.62. The number of fused-ring (bicyclic) bond motifs is 1. The fraction of sp³-hybridized carbons (Fsp3) is 0.379. The molecule has 5 rings (SSSR count). The molecule has 0 bridgehead atoms. The third-order valence-corrected chi connectivity index (χ3v) is 6.75. The first-order chi connectivity index (χ1) is 17.0. The minimum atomic E-state index is -0.215. The lowest BCUT2D eigenvalue weighted by molar-refractivity contribution is -0.134. The first-order valence-electron chi connectivity index (χ1n) is 12.5. The van der Waals surface area contributed by atoms with Gasteiger partial charge in [0, 0.05) is 19.0 Å². The number of hydrogen-bond acceptors (Lipinski definition) is 4. The Morgan fingerprint density at radius 2 is 1.89 bits per heavy atom. The smallest absolute Gasteiger partial charge is 0.286 e. The molecule has 1 atom stereocenters. The fourth-order valence-electron chi connectivity index (χ4n) is 4.65. The molecule has 1 N–H and O–H groups in total. The van der Waals surface area contributed by atoms with Crippen LogP contribution in [0.3, 0.4) is 0 Å². The van der Waals surface area contributed by atoms with E-state index >= 15 is 0 Å². The number of amides is 2. The van der Waals surface area contributed by atoms with Gasteiger partial charge in [-0.25, -0.2) is 0 Å². The minimum Gasteiger partial charge on any atom is -0.486 e. The van der Waals surface area contributed by atoms with E-state index in [0.29, 0.717) is 12.3 Å². The lowest BCUT2D eigenvalue weighted by Crippen LogP contribution is -2.41. The van der Waals surface area contributed by atoms with E-state index in [1.54, 1.807) is 12.1 Å². The van der Waals surface area contributed by atoms with Crippen molar-refractivity contribution in [2.24, 2.45) is 5.92 Å². The lowest BCUT2D eigenvalue weighted by atomic mass is 9.87. The van der Waals surface area contributed by atoms with Gasteiger partial charge in [0.25, 0.3) is 5.91 Å². The van der Waals surface area contributed by atoms with Crippen LogP contribution in [0.4, 0.5) is 0 Å². The number of rotatable bonds is 8. The maximum Gasteiger partial charge on any atom is 0.286 e. The quantitative estimate of drug-likeness (QED) is 0.490. The summed E-state index contributed by atoms with van der Waals surface area (Å²) in [5, 5.41) is 2.81. The van der Waals surface area contributed by atoms with Gasteiger partial charge in [-0.15, -0.1) is 0 Å². The monoisotopic (exact) mass is 472 g/mol. The molecule has 2 aromatic carbocycles. The van der Waals surface area contributed by atoms with E-state index in [1.807, 2.05) is 13.0 Å². The van der Waals surface area contributed by atoms with Crippen molar-refractivity contribution in [2.45, 2.75) is 52.2 Å². The average molecular weight is 473 g/mol. The molecule has 1 saturated carbocycles. The number of nitrogens with one attached hydrogen (secondary N) is 1. The Morgan fingerprint density at radius 1 is 1.09 bits per heavy atom. The molecule has 2 amide bonds. The van der Waals surface area contributed by atoms with Gasteiger partial charge in [0.05, 0.1) is 6.04 Å². The molecule has 1 aliphatic carbocycles. The number of hydrogen-bond donors (Lipinski definition) is 1. The highest BCUT2D eigenvalue weighted by molar-refractivity contribution is 5.91. The summed E-state index contributed by atoms with van der Waals surface area (Å²) >= 11 is 0. The van der Waals surface area contributed by atoms with Gasteiger partial charge in [-0.05, 0) is 73.6 Å². The molecule has 6 nitrogen and oxygen atoms in total. The van der Waals surface area contributed by atoms with Crippen LogP contribution in [0.2, 0.25) is 0 Å². The molecule has 6 heteroatoms. The predicted molar refractivity (Wildman–Crippen MR) is 133 cm³/mol. The number of ether oxygens (including phenoxy) is 1. The summed E-state index contributed by atoms with van der Waals surface area (Å²) in [5.74, 6) is 1.81. The standard InChI is InChI=1S/C29H32N2O4/c1-3-15-30-28(32)26-13-12-24(35-26)18-34-23-11-10-20-14-16-31(29(33)22-8-9-22)27(25(20)17-23)21-6-4-19(2)5-7-21/h4-7,10-13,17,22,27H,3,8-9,14-16,18H2,1-2H3,(H,30,32). The Balaban J connectivity index is 1.37. The Morgan fingerprint density at radius 3 is 2.63 bits per heavy atom. The maximum atomic E-state index is 13.2. The predicted octanol–water partition coefficient (Wildman–Crippen LogP) is 5.19. The zero-order valence-electron chi connectivity index (χ0n) is 20.4. The second kappa shape index (κ2) is 9.98. The molecule has 1 fully saturated rings. The van der Waals surface area contributed by atoms with Gasteiger partial charge in [0.2, 0.25) is 5.91 Å². The van der Waals surface area contributed by atoms with Crippen molar-refractivity contribution in [1.29, 1.82) is 0 Å². The summed E-state index contributed by atoms with van der Waals surface area (Å²) in [7, 11) is 0. The summed E-state index contributed by atoms with van der Waals surface area (Å²) in [6, 6.07) is 17.9. The third kappa shape index (κ3) is 5.11. The number of nitrogens with zero attached hydrogens (tertiary/aromatic N) is 1. The van der Waals surface area contributed by atoms with Crippen LogP contribution in [-0.2, 0) is 17.8 Å². The Labute approximate surface area is 206 Å². The number of benzene rings is 2. The van der Waals surface area contributed by atoms with E-state index < -0.39 is 0 Å². The van der Waals surface area contributed by atoms with E-state index in [9.17, 15) is 9.59 Å². The second-order valence-electron chi connectivity index (χ2n) is 9.54. The SMILES string of the molecule is CCCNC(=O)c1ccc(COc2ccc3c(c2)C(c2ccc(C)cc2)N(C(=O)C2CC2)CC3)o1. The van der Waals surface area contributed by atoms with Gasteiger partial charge in [-0.3, -0.25) is 9.59 Å². The lowest BCUT2D eigenvalue weighted by Gasteiger charge is -2.38. The topological polar surface area (TPSA) is 71.8 Å². The van der Waals surface area contributed by atoms with Crippen molar-refractivity contribution >= 4 is 11.8 Å². The normalized spacial score (nSPS) is 17.1. The van der Waals surface area contributed by atoms with Crippen molar-refractivity contribution in [3.63, 3.8) is 0 Å². The van der Waals surface area contributed by atoms with E-state index in [2.05, 4.69) is 53.5 Å². The van der Waals surface area contributed by atoms with E-state index in [1.165, 1.54) is 11.1 Å². The molecule has 0 radical (unpaired) electrons. The largest absolute Gasteiger partial charge is 0.486 e. The van der Waals surface area contributed by atoms with Gasteiger partial charge in [-0.2, -0.15) is 0 Å². The fourth-order valence-corrected chi connectivity index (χ4v) is 4.65. The molecule has 182 valence electrons. The van der Waals surface area contributed by atoms with Crippen LogP contribution >= 0.6 is 0 Å². The minimum absolute atomic E-state index is 0.117. The highest BCUT2D eigenvalue weighted by Crippen LogP contribution is 2.41. The average Bonchev–Trinajstić information content (AvgIpc) is 3.62. The van der Waals surface area contributed by atoms with Crippen LogP contribution in [-0.4, -0.2) is 29.8 Å². The number of aryl methyl sites for hydroxylation is 1. The van der Waals surface area contributed by atoms with E-state index in [4.69, 9.17) is 9.15 Å². The molecule has 3 aromatic rings. The summed E-state index contributed by atoms with van der Waals surface area (Å²) in [6.45, 7) is 5.65. The van der Waals surface area contributed by atoms with Crippen molar-refractivity contribution in [3.05, 3.63) is 88.4 Å². The molecule has 2 heterocycles. The van der Waals surface area contributed by atoms with Crippen molar-refractivity contribution < 1.29 is 18.7 Å². The number of furan rings is 1. The number of carbonyl (C=O) groups excluding carboxylic acids is 2. The highest BCUT2D eigenvalue weighted by atomic mass is 16.5.